The molecule has 1 unspecified atom stereocenters. The van der Waals surface area contributed by atoms with Gasteiger partial charge in [0.15, 0.2) is 0 Å². The molecule has 0 aliphatic rings. The lowest BCUT2D eigenvalue weighted by molar-refractivity contribution is 0.132. The summed E-state index contributed by atoms with van der Waals surface area (Å²) >= 11 is 0. The summed E-state index contributed by atoms with van der Waals surface area (Å²) in [7, 11) is 0. The number of hydrogen-bond acceptors (Lipinski definition) is 0. The first-order chi connectivity index (χ1) is 7.47. The summed E-state index contributed by atoms with van der Waals surface area (Å²) < 4.78 is 0. The third-order valence-electron chi connectivity index (χ3n) is 3.98. The van der Waals surface area contributed by atoms with Gasteiger partial charge in [-0.3, -0.25) is 0 Å². The molecular formula is C16H34. The van der Waals surface area contributed by atoms with Gasteiger partial charge in [-0.25, -0.2) is 0 Å². The molecule has 0 aliphatic heterocycles. The predicted molar refractivity (Wildman–Crippen MR) is 75.8 cm³/mol. The van der Waals surface area contributed by atoms with Crippen molar-refractivity contribution in [3.63, 3.8) is 0 Å². The van der Waals surface area contributed by atoms with E-state index >= 15 is 0 Å². The summed E-state index contributed by atoms with van der Waals surface area (Å²) in [5, 5.41) is 0. The lowest BCUT2D eigenvalue weighted by atomic mass is 9.69. The first-order valence-corrected chi connectivity index (χ1v) is 7.47. The highest BCUT2D eigenvalue weighted by Gasteiger charge is 2.29. The van der Waals surface area contributed by atoms with Crippen LogP contribution in [0.25, 0.3) is 0 Å². The normalized spacial score (nSPS) is 14.4. The minimum atomic E-state index is 0.487. The van der Waals surface area contributed by atoms with Crippen LogP contribution in [0.2, 0.25) is 0 Å². The predicted octanol–water partition coefficient (Wildman–Crippen LogP) is 6.06. The fourth-order valence-corrected chi connectivity index (χ4v) is 3.13. The van der Waals surface area contributed by atoms with Crippen LogP contribution < -0.4 is 0 Å². The molecule has 0 amide bonds. The Balaban J connectivity index is 4.42. The van der Waals surface area contributed by atoms with Gasteiger partial charge in [-0.1, -0.05) is 86.5 Å². The van der Waals surface area contributed by atoms with Crippen LogP contribution in [0.15, 0.2) is 0 Å². The van der Waals surface area contributed by atoms with Crippen LogP contribution in [0.3, 0.4) is 0 Å². The molecule has 0 fully saturated rings. The van der Waals surface area contributed by atoms with Gasteiger partial charge in [0.1, 0.15) is 0 Å². The second-order valence-corrected chi connectivity index (χ2v) is 6.43. The standard InChI is InChI=1S/C16H34/c1-7-10-12-14(13-11-8-2)15(9-3)16(4,5)6/h14-15H,7-13H2,1-6H3. The maximum Gasteiger partial charge on any atom is -0.0340 e. The van der Waals surface area contributed by atoms with Crippen LogP contribution in [0, 0.1) is 17.3 Å². The third-order valence-corrected chi connectivity index (χ3v) is 3.98. The number of unbranched alkanes of at least 4 members (excludes halogenated alkanes) is 2. The molecule has 0 heteroatoms. The van der Waals surface area contributed by atoms with Crippen molar-refractivity contribution >= 4 is 0 Å². The molecule has 0 aromatic rings. The monoisotopic (exact) mass is 226 g/mol. The fourth-order valence-electron chi connectivity index (χ4n) is 3.13. The Labute approximate surface area is 104 Å². The van der Waals surface area contributed by atoms with Crippen molar-refractivity contribution in [2.45, 2.75) is 86.5 Å². The summed E-state index contributed by atoms with van der Waals surface area (Å²) in [6.45, 7) is 14.3. The van der Waals surface area contributed by atoms with Crippen molar-refractivity contribution < 1.29 is 0 Å². The molecule has 0 aliphatic carbocycles. The molecule has 0 rings (SSSR count). The van der Waals surface area contributed by atoms with E-state index in [1.807, 2.05) is 0 Å². The highest BCUT2D eigenvalue weighted by atomic mass is 14.3. The first kappa shape index (κ1) is 16.0. The largest absolute Gasteiger partial charge is 0.0654 e. The molecule has 0 saturated heterocycles. The average molecular weight is 226 g/mol. The molecule has 0 aromatic heterocycles. The zero-order chi connectivity index (χ0) is 12.6. The SMILES string of the molecule is CCCCC(CCCC)C(CC)C(C)(C)C. The summed E-state index contributed by atoms with van der Waals surface area (Å²) in [4.78, 5) is 0. The van der Waals surface area contributed by atoms with Crippen molar-refractivity contribution in [1.82, 2.24) is 0 Å². The van der Waals surface area contributed by atoms with Gasteiger partial charge in [0.25, 0.3) is 0 Å². The molecule has 0 nitrogen and oxygen atoms in total. The van der Waals surface area contributed by atoms with E-state index in [1.54, 1.807) is 0 Å². The van der Waals surface area contributed by atoms with Crippen LogP contribution in [0.4, 0.5) is 0 Å². The Morgan fingerprint density at radius 2 is 1.25 bits per heavy atom. The minimum absolute atomic E-state index is 0.487. The molecule has 1 atom stereocenters. The van der Waals surface area contributed by atoms with Crippen molar-refractivity contribution in [1.29, 1.82) is 0 Å². The molecule has 0 radical (unpaired) electrons. The fraction of sp³-hybridized carbons (Fsp3) is 1.00. The van der Waals surface area contributed by atoms with Gasteiger partial charge < -0.3 is 0 Å². The molecule has 98 valence electrons. The smallest absolute Gasteiger partial charge is 0.0340 e. The van der Waals surface area contributed by atoms with E-state index in [9.17, 15) is 0 Å². The maximum absolute atomic E-state index is 2.42. The van der Waals surface area contributed by atoms with Crippen LogP contribution in [-0.2, 0) is 0 Å². The summed E-state index contributed by atoms with van der Waals surface area (Å²) in [6.07, 6.45) is 9.79. The van der Waals surface area contributed by atoms with E-state index in [2.05, 4.69) is 41.5 Å². The molecule has 0 saturated carbocycles. The second-order valence-electron chi connectivity index (χ2n) is 6.43. The van der Waals surface area contributed by atoms with E-state index < -0.39 is 0 Å². The molecule has 0 heterocycles. The van der Waals surface area contributed by atoms with Gasteiger partial charge in [-0.2, -0.15) is 0 Å². The van der Waals surface area contributed by atoms with Crippen LogP contribution >= 0.6 is 0 Å². The van der Waals surface area contributed by atoms with Crippen molar-refractivity contribution in [2.24, 2.45) is 17.3 Å². The van der Waals surface area contributed by atoms with Gasteiger partial charge in [-0.15, -0.1) is 0 Å². The highest BCUT2D eigenvalue weighted by Crippen LogP contribution is 2.39. The second kappa shape index (κ2) is 8.14. The van der Waals surface area contributed by atoms with Gasteiger partial charge >= 0.3 is 0 Å². The highest BCUT2D eigenvalue weighted by molar-refractivity contribution is 4.79. The lowest BCUT2D eigenvalue weighted by Crippen LogP contribution is -2.28. The van der Waals surface area contributed by atoms with Crippen LogP contribution in [0.1, 0.15) is 86.5 Å². The van der Waals surface area contributed by atoms with Gasteiger partial charge in [0.05, 0.1) is 0 Å². The summed E-state index contributed by atoms with van der Waals surface area (Å²) in [5.41, 5.74) is 0.487. The number of rotatable bonds is 8. The molecule has 0 bridgehead atoms. The van der Waals surface area contributed by atoms with Gasteiger partial charge in [-0.05, 0) is 17.3 Å². The van der Waals surface area contributed by atoms with E-state index in [4.69, 9.17) is 0 Å². The minimum Gasteiger partial charge on any atom is -0.0654 e. The maximum atomic E-state index is 2.42. The molecular weight excluding hydrogens is 192 g/mol. The van der Waals surface area contributed by atoms with Gasteiger partial charge in [0.2, 0.25) is 0 Å². The van der Waals surface area contributed by atoms with E-state index in [0.717, 1.165) is 11.8 Å². The Bertz CT molecular complexity index is 144. The van der Waals surface area contributed by atoms with Crippen molar-refractivity contribution in [2.75, 3.05) is 0 Å². The molecule has 0 spiro atoms. The van der Waals surface area contributed by atoms with E-state index in [-0.39, 0.29) is 0 Å². The lowest BCUT2D eigenvalue weighted by Gasteiger charge is -2.37. The average Bonchev–Trinajstić information content (AvgIpc) is 2.20. The van der Waals surface area contributed by atoms with Crippen molar-refractivity contribution in [3.8, 4) is 0 Å². The Kier molecular flexibility index (Phi) is 8.14. The third kappa shape index (κ3) is 5.92. The van der Waals surface area contributed by atoms with Crippen LogP contribution in [-0.4, -0.2) is 0 Å². The van der Waals surface area contributed by atoms with E-state index in [0.29, 0.717) is 5.41 Å². The molecule has 16 heavy (non-hydrogen) atoms. The Hall–Kier alpha value is 0. The first-order valence-electron chi connectivity index (χ1n) is 7.47. The van der Waals surface area contributed by atoms with E-state index in [1.165, 1.54) is 44.9 Å². The van der Waals surface area contributed by atoms with Crippen molar-refractivity contribution in [3.05, 3.63) is 0 Å². The summed E-state index contributed by atoms with van der Waals surface area (Å²) in [6, 6.07) is 0. The van der Waals surface area contributed by atoms with Gasteiger partial charge in [0, 0.05) is 0 Å². The summed E-state index contributed by atoms with van der Waals surface area (Å²) in [5.74, 6) is 1.87. The molecule has 0 N–H and O–H groups in total. The quantitative estimate of drug-likeness (QED) is 0.472. The van der Waals surface area contributed by atoms with Crippen LogP contribution in [0.5, 0.6) is 0 Å². The Morgan fingerprint density at radius 3 is 1.50 bits per heavy atom. The Morgan fingerprint density at radius 1 is 0.812 bits per heavy atom. The zero-order valence-electron chi connectivity index (χ0n) is 12.6. The molecule has 0 aromatic carbocycles. The zero-order valence-corrected chi connectivity index (χ0v) is 12.6. The number of hydrogen-bond donors (Lipinski definition) is 0. The topological polar surface area (TPSA) is 0 Å².